The van der Waals surface area contributed by atoms with Gasteiger partial charge in [0.1, 0.15) is 0 Å². The summed E-state index contributed by atoms with van der Waals surface area (Å²) in [6.45, 7) is 6.30. The molecule has 2 aliphatic rings. The van der Waals surface area contributed by atoms with Crippen LogP contribution in [-0.4, -0.2) is 60.6 Å². The minimum Gasteiger partial charge on any atom is -0.337 e. The number of nitrogens with one attached hydrogen (secondary N) is 1. The van der Waals surface area contributed by atoms with Crippen LogP contribution in [0.2, 0.25) is 0 Å². The molecule has 3 amide bonds. The van der Waals surface area contributed by atoms with Gasteiger partial charge < -0.3 is 5.32 Å². The van der Waals surface area contributed by atoms with Gasteiger partial charge in [-0.1, -0.05) is 20.8 Å². The van der Waals surface area contributed by atoms with Gasteiger partial charge in [0, 0.05) is 19.6 Å². The van der Waals surface area contributed by atoms with Gasteiger partial charge in [-0.05, 0) is 30.7 Å². The maximum absolute atomic E-state index is 12.6. The molecular weight excluding hydrogens is 323 g/mol. The molecule has 0 radical (unpaired) electrons. The number of hydrogen-bond acceptors (Lipinski definition) is 3. The summed E-state index contributed by atoms with van der Waals surface area (Å²) in [5.74, 6) is -0.575. The molecule has 5 nitrogen and oxygen atoms in total. The summed E-state index contributed by atoms with van der Waals surface area (Å²) in [6.07, 6.45) is -2.99. The molecule has 138 valence electrons. The van der Waals surface area contributed by atoms with Crippen LogP contribution in [0.4, 0.5) is 18.0 Å². The van der Waals surface area contributed by atoms with Gasteiger partial charge in [-0.25, -0.2) is 4.79 Å². The molecule has 24 heavy (non-hydrogen) atoms. The number of imide groups is 1. The molecule has 2 heterocycles. The van der Waals surface area contributed by atoms with E-state index in [1.165, 1.54) is 9.80 Å². The fraction of sp³-hybridized carbons (Fsp3) is 0.875. The second-order valence-electron chi connectivity index (χ2n) is 8.10. The third-order valence-corrected chi connectivity index (χ3v) is 4.43. The van der Waals surface area contributed by atoms with Crippen LogP contribution in [0.3, 0.4) is 0 Å². The van der Waals surface area contributed by atoms with Crippen molar-refractivity contribution >= 4 is 11.9 Å². The number of amides is 3. The van der Waals surface area contributed by atoms with Crippen molar-refractivity contribution in [3.63, 3.8) is 0 Å². The Morgan fingerprint density at radius 3 is 2.46 bits per heavy atom. The lowest BCUT2D eigenvalue weighted by Crippen LogP contribution is -2.56. The van der Waals surface area contributed by atoms with Crippen molar-refractivity contribution in [1.29, 1.82) is 0 Å². The molecule has 0 aliphatic carbocycles. The van der Waals surface area contributed by atoms with E-state index in [0.717, 1.165) is 0 Å². The number of rotatable bonds is 4. The molecule has 0 aromatic heterocycles. The number of halogens is 3. The monoisotopic (exact) mass is 349 g/mol. The molecule has 0 saturated carbocycles. The van der Waals surface area contributed by atoms with Crippen molar-refractivity contribution in [3.05, 3.63) is 0 Å². The topological polar surface area (TPSA) is 52.7 Å². The number of urea groups is 1. The van der Waals surface area contributed by atoms with E-state index in [1.54, 1.807) is 0 Å². The van der Waals surface area contributed by atoms with Gasteiger partial charge in [0.05, 0.1) is 12.5 Å². The second kappa shape index (κ2) is 6.90. The summed E-state index contributed by atoms with van der Waals surface area (Å²) < 4.78 is 37.4. The summed E-state index contributed by atoms with van der Waals surface area (Å²) in [5.41, 5.74) is -0.0368. The van der Waals surface area contributed by atoms with Crippen molar-refractivity contribution < 1.29 is 22.8 Å². The molecule has 2 saturated heterocycles. The van der Waals surface area contributed by atoms with E-state index in [4.69, 9.17) is 0 Å². The molecule has 2 rings (SSSR count). The maximum Gasteiger partial charge on any atom is 0.401 e. The zero-order valence-corrected chi connectivity index (χ0v) is 14.4. The average molecular weight is 349 g/mol. The van der Waals surface area contributed by atoms with Gasteiger partial charge in [-0.2, -0.15) is 13.2 Å². The first kappa shape index (κ1) is 19.0. The fourth-order valence-corrected chi connectivity index (χ4v) is 3.50. The van der Waals surface area contributed by atoms with Gasteiger partial charge in [0.2, 0.25) is 5.91 Å². The number of nitrogens with zero attached hydrogens (tertiary/aromatic N) is 2. The minimum absolute atomic E-state index is 0.0368. The number of alkyl halides is 3. The van der Waals surface area contributed by atoms with Crippen LogP contribution in [0.25, 0.3) is 0 Å². The molecular formula is C16H26F3N3O2. The van der Waals surface area contributed by atoms with Crippen molar-refractivity contribution in [1.82, 2.24) is 15.1 Å². The van der Waals surface area contributed by atoms with E-state index >= 15 is 0 Å². The Morgan fingerprint density at radius 1 is 1.21 bits per heavy atom. The standard InChI is InChI=1S/C16H26F3N3O2/c1-15(2,3)6-12-7-20-14(24)22(13(12)23)9-11-4-5-21(8-11)10-16(17,18)19/h11-12H,4-10H2,1-3H3,(H,20,24). The van der Waals surface area contributed by atoms with E-state index in [1.807, 2.05) is 20.8 Å². The third kappa shape index (κ3) is 5.36. The van der Waals surface area contributed by atoms with E-state index in [0.29, 0.717) is 25.9 Å². The van der Waals surface area contributed by atoms with E-state index in [-0.39, 0.29) is 36.2 Å². The van der Waals surface area contributed by atoms with Gasteiger partial charge in [-0.3, -0.25) is 14.6 Å². The van der Waals surface area contributed by atoms with Crippen LogP contribution in [0.1, 0.15) is 33.6 Å². The van der Waals surface area contributed by atoms with Crippen LogP contribution >= 0.6 is 0 Å². The van der Waals surface area contributed by atoms with E-state index in [9.17, 15) is 22.8 Å². The van der Waals surface area contributed by atoms with Gasteiger partial charge in [0.25, 0.3) is 0 Å². The van der Waals surface area contributed by atoms with Crippen LogP contribution in [0, 0.1) is 17.3 Å². The molecule has 0 aromatic carbocycles. The highest BCUT2D eigenvalue weighted by Gasteiger charge is 2.39. The lowest BCUT2D eigenvalue weighted by Gasteiger charge is -2.35. The molecule has 0 spiro atoms. The first-order valence-electron chi connectivity index (χ1n) is 8.33. The lowest BCUT2D eigenvalue weighted by molar-refractivity contribution is -0.144. The molecule has 0 bridgehead atoms. The van der Waals surface area contributed by atoms with Crippen molar-refractivity contribution in [2.24, 2.45) is 17.3 Å². The second-order valence-corrected chi connectivity index (χ2v) is 8.10. The Bertz CT molecular complexity index is 488. The molecule has 2 fully saturated rings. The number of hydrogen-bond donors (Lipinski definition) is 1. The SMILES string of the molecule is CC(C)(C)CC1CNC(=O)N(CC2CCN(CC(F)(F)F)C2)C1=O. The number of carbonyl (C=O) groups excluding carboxylic acids is 2. The van der Waals surface area contributed by atoms with Gasteiger partial charge >= 0.3 is 12.2 Å². The highest BCUT2D eigenvalue weighted by molar-refractivity contribution is 5.98. The van der Waals surface area contributed by atoms with Crippen molar-refractivity contribution in [2.45, 2.75) is 39.8 Å². The Hall–Kier alpha value is -1.31. The Balaban J connectivity index is 1.93. The predicted octanol–water partition coefficient (Wildman–Crippen LogP) is 2.47. The molecule has 2 unspecified atom stereocenters. The van der Waals surface area contributed by atoms with Gasteiger partial charge in [0.15, 0.2) is 0 Å². The van der Waals surface area contributed by atoms with Crippen LogP contribution < -0.4 is 5.32 Å². The first-order valence-corrected chi connectivity index (χ1v) is 8.33. The maximum atomic E-state index is 12.6. The van der Waals surface area contributed by atoms with Crippen molar-refractivity contribution in [2.75, 3.05) is 32.7 Å². The highest BCUT2D eigenvalue weighted by Crippen LogP contribution is 2.28. The van der Waals surface area contributed by atoms with E-state index in [2.05, 4.69) is 5.32 Å². The summed E-state index contributed by atoms with van der Waals surface area (Å²) >= 11 is 0. The van der Waals surface area contributed by atoms with Gasteiger partial charge in [-0.15, -0.1) is 0 Å². The number of carbonyl (C=O) groups is 2. The molecule has 1 N–H and O–H groups in total. The first-order chi connectivity index (χ1) is 10.9. The zero-order chi connectivity index (χ0) is 18.1. The lowest BCUT2D eigenvalue weighted by atomic mass is 9.83. The Morgan fingerprint density at radius 2 is 1.88 bits per heavy atom. The van der Waals surface area contributed by atoms with Crippen LogP contribution in [-0.2, 0) is 4.79 Å². The molecule has 2 atom stereocenters. The largest absolute Gasteiger partial charge is 0.401 e. The summed E-state index contributed by atoms with van der Waals surface area (Å²) in [6, 6.07) is -0.431. The average Bonchev–Trinajstić information content (AvgIpc) is 2.82. The molecule has 8 heteroatoms. The highest BCUT2D eigenvalue weighted by atomic mass is 19.4. The summed E-state index contributed by atoms with van der Waals surface area (Å²) in [4.78, 5) is 27.1. The third-order valence-electron chi connectivity index (χ3n) is 4.43. The zero-order valence-electron chi connectivity index (χ0n) is 14.4. The van der Waals surface area contributed by atoms with E-state index < -0.39 is 18.8 Å². The molecule has 2 aliphatic heterocycles. The minimum atomic E-state index is -4.22. The normalized spacial score (nSPS) is 26.8. The van der Waals surface area contributed by atoms with Crippen LogP contribution in [0.5, 0.6) is 0 Å². The summed E-state index contributed by atoms with van der Waals surface area (Å²) in [5, 5.41) is 2.73. The summed E-state index contributed by atoms with van der Waals surface area (Å²) in [7, 11) is 0. The molecule has 0 aromatic rings. The van der Waals surface area contributed by atoms with Crippen LogP contribution in [0.15, 0.2) is 0 Å². The smallest absolute Gasteiger partial charge is 0.337 e. The fourth-order valence-electron chi connectivity index (χ4n) is 3.50. The Kier molecular flexibility index (Phi) is 5.47. The predicted molar refractivity (Wildman–Crippen MR) is 83.3 cm³/mol. The number of likely N-dealkylation sites (tertiary alicyclic amines) is 1. The Labute approximate surface area is 140 Å². The van der Waals surface area contributed by atoms with Crippen molar-refractivity contribution in [3.8, 4) is 0 Å². The quantitative estimate of drug-likeness (QED) is 0.848.